The predicted octanol–water partition coefficient (Wildman–Crippen LogP) is 2.63. The van der Waals surface area contributed by atoms with Gasteiger partial charge < -0.3 is 9.84 Å². The summed E-state index contributed by atoms with van der Waals surface area (Å²) in [5, 5.41) is 14.6. The Bertz CT molecular complexity index is 620. The molecule has 5 nitrogen and oxygen atoms in total. The van der Waals surface area contributed by atoms with Gasteiger partial charge in [0.1, 0.15) is 11.9 Å². The minimum Gasteiger partial charge on any atom is -0.508 e. The van der Waals surface area contributed by atoms with E-state index in [9.17, 15) is 9.90 Å². The molecule has 2 heterocycles. The van der Waals surface area contributed by atoms with Crippen LogP contribution in [0.4, 0.5) is 5.13 Å². The first-order valence-electron chi connectivity index (χ1n) is 6.40. The van der Waals surface area contributed by atoms with Crippen LogP contribution >= 0.6 is 11.3 Å². The molecule has 1 aliphatic heterocycles. The smallest absolute Gasteiger partial charge is 0.255 e. The first kappa shape index (κ1) is 13.1. The Hall–Kier alpha value is -1.92. The average molecular weight is 290 g/mol. The number of anilines is 1. The molecular formula is C14H14N2O3S. The second kappa shape index (κ2) is 5.60. The Morgan fingerprint density at radius 3 is 3.15 bits per heavy atom. The largest absolute Gasteiger partial charge is 0.508 e. The maximum absolute atomic E-state index is 11.9. The molecular weight excluding hydrogens is 276 g/mol. The fourth-order valence-corrected chi connectivity index (χ4v) is 2.82. The molecule has 1 aromatic heterocycles. The van der Waals surface area contributed by atoms with Crippen LogP contribution in [0, 0.1) is 0 Å². The molecule has 2 N–H and O–H groups in total. The Morgan fingerprint density at radius 2 is 2.40 bits per heavy atom. The first-order valence-corrected chi connectivity index (χ1v) is 7.28. The van der Waals surface area contributed by atoms with E-state index < -0.39 is 0 Å². The van der Waals surface area contributed by atoms with E-state index in [1.807, 2.05) is 11.4 Å². The van der Waals surface area contributed by atoms with Crippen molar-refractivity contribution in [2.45, 2.75) is 18.9 Å². The molecule has 0 bridgehead atoms. The number of amides is 1. The van der Waals surface area contributed by atoms with E-state index in [4.69, 9.17) is 4.74 Å². The van der Waals surface area contributed by atoms with E-state index >= 15 is 0 Å². The van der Waals surface area contributed by atoms with Gasteiger partial charge in [-0.05, 0) is 25.0 Å². The van der Waals surface area contributed by atoms with Gasteiger partial charge in [0.2, 0.25) is 0 Å². The molecule has 6 heteroatoms. The molecule has 3 rings (SSSR count). The normalized spacial score (nSPS) is 18.1. The lowest BCUT2D eigenvalue weighted by Crippen LogP contribution is -2.26. The fraction of sp³-hybridized carbons (Fsp3) is 0.286. The Morgan fingerprint density at radius 1 is 1.50 bits per heavy atom. The average Bonchev–Trinajstić information content (AvgIpc) is 3.10. The van der Waals surface area contributed by atoms with E-state index in [2.05, 4.69) is 10.3 Å². The van der Waals surface area contributed by atoms with Crippen LogP contribution in [0.3, 0.4) is 0 Å². The highest BCUT2D eigenvalue weighted by atomic mass is 32.1. The standard InChI is InChI=1S/C14H14N2O3S/c17-10-4-1-3-9(7-10)11-8-20-14(15-11)16-13(18)12-5-2-6-19-12/h1,3-4,7-8,12,17H,2,5-6H2,(H,15,16,18)/t12-/m1/s1. The second-order valence-electron chi connectivity index (χ2n) is 4.58. The molecule has 1 fully saturated rings. The van der Waals surface area contributed by atoms with Crippen molar-refractivity contribution in [2.24, 2.45) is 0 Å². The molecule has 2 aromatic rings. The molecule has 1 aromatic carbocycles. The lowest BCUT2D eigenvalue weighted by Gasteiger charge is -2.07. The molecule has 0 saturated carbocycles. The third-order valence-electron chi connectivity index (χ3n) is 3.10. The topological polar surface area (TPSA) is 71.5 Å². The summed E-state index contributed by atoms with van der Waals surface area (Å²) in [7, 11) is 0. The molecule has 0 aliphatic carbocycles. The summed E-state index contributed by atoms with van der Waals surface area (Å²) in [5.74, 6) is 0.0553. The van der Waals surface area contributed by atoms with Gasteiger partial charge in [-0.15, -0.1) is 11.3 Å². The number of ether oxygens (including phenoxy) is 1. The Kier molecular flexibility index (Phi) is 3.66. The number of carbonyl (C=O) groups excluding carboxylic acids is 1. The maximum atomic E-state index is 11.9. The maximum Gasteiger partial charge on any atom is 0.255 e. The Balaban J connectivity index is 1.72. The van der Waals surface area contributed by atoms with Gasteiger partial charge >= 0.3 is 0 Å². The molecule has 1 aliphatic rings. The van der Waals surface area contributed by atoms with Crippen LogP contribution in [-0.4, -0.2) is 28.7 Å². The fourth-order valence-electron chi connectivity index (χ4n) is 2.10. The lowest BCUT2D eigenvalue weighted by atomic mass is 10.2. The highest BCUT2D eigenvalue weighted by Gasteiger charge is 2.24. The van der Waals surface area contributed by atoms with E-state index in [0.29, 0.717) is 11.7 Å². The number of thiazole rings is 1. The molecule has 104 valence electrons. The predicted molar refractivity (Wildman–Crippen MR) is 76.8 cm³/mol. The summed E-state index contributed by atoms with van der Waals surface area (Å²) in [5.41, 5.74) is 1.55. The van der Waals surface area contributed by atoms with Crippen LogP contribution < -0.4 is 5.32 Å². The van der Waals surface area contributed by atoms with Gasteiger partial charge in [-0.25, -0.2) is 4.98 Å². The first-order chi connectivity index (χ1) is 9.72. The molecule has 1 amide bonds. The van der Waals surface area contributed by atoms with Crippen molar-refractivity contribution in [2.75, 3.05) is 11.9 Å². The van der Waals surface area contributed by atoms with E-state index in [1.165, 1.54) is 11.3 Å². The number of phenolic OH excluding ortho intramolecular Hbond substituents is 1. The van der Waals surface area contributed by atoms with Crippen molar-refractivity contribution < 1.29 is 14.6 Å². The van der Waals surface area contributed by atoms with Gasteiger partial charge in [0, 0.05) is 17.6 Å². The number of hydrogen-bond donors (Lipinski definition) is 2. The number of aromatic nitrogens is 1. The number of phenols is 1. The van der Waals surface area contributed by atoms with Crippen molar-refractivity contribution in [3.8, 4) is 17.0 Å². The molecule has 0 spiro atoms. The minimum atomic E-state index is -0.358. The number of nitrogens with one attached hydrogen (secondary N) is 1. The van der Waals surface area contributed by atoms with Crippen LogP contribution in [0.1, 0.15) is 12.8 Å². The third kappa shape index (κ3) is 2.81. The zero-order valence-electron chi connectivity index (χ0n) is 10.7. The zero-order valence-corrected chi connectivity index (χ0v) is 11.5. The molecule has 0 radical (unpaired) electrons. The summed E-state index contributed by atoms with van der Waals surface area (Å²) in [4.78, 5) is 16.3. The van der Waals surface area contributed by atoms with Crippen LogP contribution in [0.2, 0.25) is 0 Å². The summed E-state index contributed by atoms with van der Waals surface area (Å²) in [6.07, 6.45) is 1.32. The molecule has 1 saturated heterocycles. The quantitative estimate of drug-likeness (QED) is 0.911. The van der Waals surface area contributed by atoms with Crippen LogP contribution in [0.25, 0.3) is 11.3 Å². The van der Waals surface area contributed by atoms with Crippen LogP contribution in [-0.2, 0) is 9.53 Å². The Labute approximate surface area is 120 Å². The van der Waals surface area contributed by atoms with Crippen molar-refractivity contribution >= 4 is 22.4 Å². The SMILES string of the molecule is O=C(Nc1nc(-c2cccc(O)c2)cs1)[C@H]1CCCO1. The molecule has 20 heavy (non-hydrogen) atoms. The highest BCUT2D eigenvalue weighted by Crippen LogP contribution is 2.27. The summed E-state index contributed by atoms with van der Waals surface area (Å²) < 4.78 is 5.33. The van der Waals surface area contributed by atoms with Crippen molar-refractivity contribution in [1.29, 1.82) is 0 Å². The van der Waals surface area contributed by atoms with Gasteiger partial charge in [-0.3, -0.25) is 10.1 Å². The highest BCUT2D eigenvalue weighted by molar-refractivity contribution is 7.14. The number of nitrogens with zero attached hydrogens (tertiary/aromatic N) is 1. The van der Waals surface area contributed by atoms with Crippen LogP contribution in [0.15, 0.2) is 29.6 Å². The number of hydrogen-bond acceptors (Lipinski definition) is 5. The van der Waals surface area contributed by atoms with Gasteiger partial charge in [0.05, 0.1) is 5.69 Å². The van der Waals surface area contributed by atoms with Crippen LogP contribution in [0.5, 0.6) is 5.75 Å². The number of rotatable bonds is 3. The summed E-state index contributed by atoms with van der Waals surface area (Å²) >= 11 is 1.36. The number of aromatic hydroxyl groups is 1. The molecule has 0 unspecified atom stereocenters. The second-order valence-corrected chi connectivity index (χ2v) is 5.44. The number of carbonyl (C=O) groups is 1. The zero-order chi connectivity index (χ0) is 13.9. The van der Waals surface area contributed by atoms with E-state index in [-0.39, 0.29) is 17.8 Å². The van der Waals surface area contributed by atoms with E-state index in [1.54, 1.807) is 18.2 Å². The van der Waals surface area contributed by atoms with Crippen molar-refractivity contribution in [3.05, 3.63) is 29.6 Å². The van der Waals surface area contributed by atoms with Crippen molar-refractivity contribution in [3.63, 3.8) is 0 Å². The third-order valence-corrected chi connectivity index (χ3v) is 3.86. The van der Waals surface area contributed by atoms with Gasteiger partial charge in [0.15, 0.2) is 5.13 Å². The lowest BCUT2D eigenvalue weighted by molar-refractivity contribution is -0.124. The summed E-state index contributed by atoms with van der Waals surface area (Å²) in [6, 6.07) is 6.87. The minimum absolute atomic E-state index is 0.140. The van der Waals surface area contributed by atoms with Crippen molar-refractivity contribution in [1.82, 2.24) is 4.98 Å². The van der Waals surface area contributed by atoms with Gasteiger partial charge in [0.25, 0.3) is 5.91 Å². The number of benzene rings is 1. The van der Waals surface area contributed by atoms with Gasteiger partial charge in [-0.1, -0.05) is 12.1 Å². The van der Waals surface area contributed by atoms with E-state index in [0.717, 1.165) is 24.1 Å². The molecule has 1 atom stereocenters. The van der Waals surface area contributed by atoms with Gasteiger partial charge in [-0.2, -0.15) is 0 Å². The monoisotopic (exact) mass is 290 g/mol. The summed E-state index contributed by atoms with van der Waals surface area (Å²) in [6.45, 7) is 0.643.